The maximum absolute atomic E-state index is 14.1. The number of para-hydroxylation sites is 1. The molecule has 0 aliphatic rings. The van der Waals surface area contributed by atoms with Crippen LogP contribution in [0.15, 0.2) is 42.5 Å². The number of ether oxygens (including phenoxy) is 1. The molecule has 0 saturated heterocycles. The van der Waals surface area contributed by atoms with E-state index in [2.05, 4.69) is 0 Å². The number of rotatable bonds is 5. The molecule has 4 N–H and O–H groups in total. The minimum absolute atomic E-state index is 0.00394. The Morgan fingerprint density at radius 3 is 2.55 bits per heavy atom. The van der Waals surface area contributed by atoms with Crippen LogP contribution in [-0.4, -0.2) is 10.9 Å². The van der Waals surface area contributed by atoms with Gasteiger partial charge in [0.1, 0.15) is 24.0 Å². The van der Waals surface area contributed by atoms with Crippen molar-refractivity contribution in [3.05, 3.63) is 65.0 Å². The molecule has 0 bridgehead atoms. The van der Waals surface area contributed by atoms with Crippen molar-refractivity contribution < 1.29 is 14.2 Å². The van der Waals surface area contributed by atoms with Gasteiger partial charge < -0.3 is 15.6 Å². The van der Waals surface area contributed by atoms with Crippen LogP contribution in [0.4, 0.5) is 4.39 Å². The van der Waals surface area contributed by atoms with E-state index in [1.165, 1.54) is 6.07 Å². The smallest absolute Gasteiger partial charge is 0.140 e. The SMILES string of the molecule is N=C(N)c1cccc(COc2ccccc2CO)c1F. The molecule has 0 radical (unpaired) electrons. The Bertz CT molecular complexity index is 629. The van der Waals surface area contributed by atoms with Crippen molar-refractivity contribution in [1.82, 2.24) is 0 Å². The highest BCUT2D eigenvalue weighted by Gasteiger charge is 2.11. The minimum atomic E-state index is -0.554. The van der Waals surface area contributed by atoms with Crippen LogP contribution in [-0.2, 0) is 13.2 Å². The number of hydrogen-bond donors (Lipinski definition) is 3. The van der Waals surface area contributed by atoms with E-state index >= 15 is 0 Å². The molecule has 0 aliphatic carbocycles. The summed E-state index contributed by atoms with van der Waals surface area (Å²) < 4.78 is 19.6. The molecule has 2 rings (SSSR count). The molecular weight excluding hydrogens is 259 g/mol. The summed E-state index contributed by atoms with van der Waals surface area (Å²) in [5.74, 6) is -0.371. The van der Waals surface area contributed by atoms with Crippen molar-refractivity contribution in [2.24, 2.45) is 5.73 Å². The number of benzene rings is 2. The number of hydrogen-bond acceptors (Lipinski definition) is 3. The van der Waals surface area contributed by atoms with Crippen LogP contribution in [0.25, 0.3) is 0 Å². The van der Waals surface area contributed by atoms with Crippen molar-refractivity contribution in [2.75, 3.05) is 0 Å². The molecule has 0 aromatic heterocycles. The van der Waals surface area contributed by atoms with Gasteiger partial charge in [-0.3, -0.25) is 5.41 Å². The van der Waals surface area contributed by atoms with E-state index in [9.17, 15) is 9.50 Å². The molecule has 5 heteroatoms. The third kappa shape index (κ3) is 2.95. The van der Waals surface area contributed by atoms with Crippen LogP contribution >= 0.6 is 0 Å². The van der Waals surface area contributed by atoms with Crippen LogP contribution in [0, 0.1) is 11.2 Å². The fourth-order valence-electron chi connectivity index (χ4n) is 1.83. The van der Waals surface area contributed by atoms with Gasteiger partial charge in [-0.15, -0.1) is 0 Å². The Labute approximate surface area is 116 Å². The van der Waals surface area contributed by atoms with Gasteiger partial charge in [-0.2, -0.15) is 0 Å². The van der Waals surface area contributed by atoms with E-state index in [0.717, 1.165) is 0 Å². The van der Waals surface area contributed by atoms with Crippen LogP contribution in [0.1, 0.15) is 16.7 Å². The van der Waals surface area contributed by atoms with Crippen LogP contribution < -0.4 is 10.5 Å². The average molecular weight is 274 g/mol. The number of aliphatic hydroxyl groups excluding tert-OH is 1. The van der Waals surface area contributed by atoms with E-state index in [4.69, 9.17) is 15.9 Å². The molecule has 0 fully saturated rings. The highest BCUT2D eigenvalue weighted by molar-refractivity contribution is 5.95. The Kier molecular flexibility index (Phi) is 4.32. The minimum Gasteiger partial charge on any atom is -0.488 e. The monoisotopic (exact) mass is 274 g/mol. The number of halogens is 1. The lowest BCUT2D eigenvalue weighted by molar-refractivity contribution is 0.257. The van der Waals surface area contributed by atoms with Crippen LogP contribution in [0.2, 0.25) is 0 Å². The summed E-state index contributed by atoms with van der Waals surface area (Å²) in [6, 6.07) is 11.6. The molecule has 0 heterocycles. The first-order valence-corrected chi connectivity index (χ1v) is 6.07. The zero-order valence-electron chi connectivity index (χ0n) is 10.8. The summed E-state index contributed by atoms with van der Waals surface area (Å²) in [7, 11) is 0. The summed E-state index contributed by atoms with van der Waals surface area (Å²) in [4.78, 5) is 0. The molecule has 20 heavy (non-hydrogen) atoms. The van der Waals surface area contributed by atoms with Gasteiger partial charge in [-0.1, -0.05) is 30.3 Å². The zero-order chi connectivity index (χ0) is 14.5. The van der Waals surface area contributed by atoms with Gasteiger partial charge in [0.2, 0.25) is 0 Å². The first-order valence-electron chi connectivity index (χ1n) is 6.07. The van der Waals surface area contributed by atoms with Crippen molar-refractivity contribution in [3.8, 4) is 5.75 Å². The average Bonchev–Trinajstić information content (AvgIpc) is 2.46. The highest BCUT2D eigenvalue weighted by atomic mass is 19.1. The number of nitrogens with one attached hydrogen (secondary N) is 1. The van der Waals surface area contributed by atoms with E-state index in [0.29, 0.717) is 16.9 Å². The maximum Gasteiger partial charge on any atom is 0.140 e. The summed E-state index contributed by atoms with van der Waals surface area (Å²) in [5, 5.41) is 16.5. The van der Waals surface area contributed by atoms with Gasteiger partial charge in [0.05, 0.1) is 12.2 Å². The summed E-state index contributed by atoms with van der Waals surface area (Å²) in [6.45, 7) is -0.143. The number of nitrogens with two attached hydrogens (primary N) is 1. The van der Waals surface area contributed by atoms with E-state index < -0.39 is 5.82 Å². The molecule has 104 valence electrons. The van der Waals surface area contributed by atoms with Crippen molar-refractivity contribution in [3.63, 3.8) is 0 Å². The number of nitrogen functional groups attached to an aromatic ring is 1. The first kappa shape index (κ1) is 14.0. The molecule has 0 saturated carbocycles. The molecule has 2 aromatic carbocycles. The van der Waals surface area contributed by atoms with Gasteiger partial charge in [-0.25, -0.2) is 4.39 Å². The molecule has 0 aliphatic heterocycles. The molecule has 2 aromatic rings. The topological polar surface area (TPSA) is 79.3 Å². The fraction of sp³-hybridized carbons (Fsp3) is 0.133. The number of aliphatic hydroxyl groups is 1. The van der Waals surface area contributed by atoms with Crippen molar-refractivity contribution in [1.29, 1.82) is 5.41 Å². The zero-order valence-corrected chi connectivity index (χ0v) is 10.8. The second-order valence-electron chi connectivity index (χ2n) is 4.25. The third-order valence-electron chi connectivity index (χ3n) is 2.89. The van der Waals surface area contributed by atoms with E-state index in [-0.39, 0.29) is 24.6 Å². The lowest BCUT2D eigenvalue weighted by Gasteiger charge is -2.11. The quantitative estimate of drug-likeness (QED) is 0.577. The van der Waals surface area contributed by atoms with Gasteiger partial charge >= 0.3 is 0 Å². The highest BCUT2D eigenvalue weighted by Crippen LogP contribution is 2.20. The lowest BCUT2D eigenvalue weighted by Crippen LogP contribution is -2.14. The summed E-state index contributed by atoms with van der Waals surface area (Å²) >= 11 is 0. The largest absolute Gasteiger partial charge is 0.488 e. The van der Waals surface area contributed by atoms with Gasteiger partial charge in [-0.05, 0) is 12.1 Å². The molecule has 0 amide bonds. The normalized spacial score (nSPS) is 10.3. The Morgan fingerprint density at radius 1 is 1.15 bits per heavy atom. The second kappa shape index (κ2) is 6.16. The molecule has 4 nitrogen and oxygen atoms in total. The molecule has 0 unspecified atom stereocenters. The van der Waals surface area contributed by atoms with Crippen molar-refractivity contribution in [2.45, 2.75) is 13.2 Å². The van der Waals surface area contributed by atoms with E-state index in [1.54, 1.807) is 36.4 Å². The predicted octanol–water partition coefficient (Wildman–Crippen LogP) is 2.18. The predicted molar refractivity (Wildman–Crippen MR) is 74.1 cm³/mol. The second-order valence-corrected chi connectivity index (χ2v) is 4.25. The fourth-order valence-corrected chi connectivity index (χ4v) is 1.83. The van der Waals surface area contributed by atoms with Gasteiger partial charge in [0, 0.05) is 11.1 Å². The van der Waals surface area contributed by atoms with E-state index in [1.807, 2.05) is 0 Å². The molecular formula is C15H15FN2O2. The summed E-state index contributed by atoms with van der Waals surface area (Å²) in [6.07, 6.45) is 0. The molecule has 0 spiro atoms. The maximum atomic E-state index is 14.1. The Hall–Kier alpha value is -2.40. The van der Waals surface area contributed by atoms with Crippen LogP contribution in [0.5, 0.6) is 5.75 Å². The summed E-state index contributed by atoms with van der Waals surface area (Å²) in [5.41, 5.74) is 6.31. The van der Waals surface area contributed by atoms with Crippen LogP contribution in [0.3, 0.4) is 0 Å². The number of amidine groups is 1. The third-order valence-corrected chi connectivity index (χ3v) is 2.89. The Balaban J connectivity index is 2.19. The van der Waals surface area contributed by atoms with Crippen molar-refractivity contribution >= 4 is 5.84 Å². The standard InChI is InChI=1S/C15H15FN2O2/c16-14-11(5-3-6-12(14)15(17)18)9-20-13-7-2-1-4-10(13)8-19/h1-7,19H,8-9H2,(H3,17,18). The Morgan fingerprint density at radius 2 is 1.85 bits per heavy atom. The molecule has 0 atom stereocenters. The lowest BCUT2D eigenvalue weighted by atomic mass is 10.1. The van der Waals surface area contributed by atoms with Gasteiger partial charge in [0.25, 0.3) is 0 Å². The van der Waals surface area contributed by atoms with Gasteiger partial charge in [0.15, 0.2) is 0 Å². The first-order chi connectivity index (χ1) is 9.63.